The van der Waals surface area contributed by atoms with Crippen LogP contribution in [0.2, 0.25) is 0 Å². The van der Waals surface area contributed by atoms with Crippen LogP contribution in [0.1, 0.15) is 39.0 Å². The zero-order chi connectivity index (χ0) is 10.6. The van der Waals surface area contributed by atoms with E-state index in [4.69, 9.17) is 4.84 Å². The molecule has 1 saturated carbocycles. The van der Waals surface area contributed by atoms with Gasteiger partial charge in [0.05, 0.1) is 6.33 Å². The van der Waals surface area contributed by atoms with E-state index in [1.807, 2.05) is 6.20 Å². The molecule has 0 aromatic carbocycles. The van der Waals surface area contributed by atoms with Crippen molar-refractivity contribution in [2.24, 2.45) is 5.16 Å². The first-order valence-corrected chi connectivity index (χ1v) is 5.48. The number of oxime groups is 1. The molecule has 0 N–H and O–H groups in total. The Bertz CT molecular complexity index is 313. The van der Waals surface area contributed by atoms with Gasteiger partial charge in [0, 0.05) is 12.4 Å². The summed E-state index contributed by atoms with van der Waals surface area (Å²) < 4.78 is 1.77. The lowest BCUT2D eigenvalue weighted by Crippen LogP contribution is -2.29. The van der Waals surface area contributed by atoms with Gasteiger partial charge in [0.25, 0.3) is 0 Å². The summed E-state index contributed by atoms with van der Waals surface area (Å²) in [7, 11) is 0. The van der Waals surface area contributed by atoms with Gasteiger partial charge in [-0.05, 0) is 32.6 Å². The molecule has 4 nitrogen and oxygen atoms in total. The normalized spacial score (nSPS) is 20.6. The summed E-state index contributed by atoms with van der Waals surface area (Å²) in [5, 5.41) is 4.01. The number of rotatable bonds is 3. The first-order chi connectivity index (χ1) is 7.29. The van der Waals surface area contributed by atoms with E-state index in [1.54, 1.807) is 23.4 Å². The van der Waals surface area contributed by atoms with Gasteiger partial charge in [-0.2, -0.15) is 0 Å². The van der Waals surface area contributed by atoms with Gasteiger partial charge < -0.3 is 4.84 Å². The lowest BCUT2D eigenvalue weighted by atomic mass is 9.87. The van der Waals surface area contributed by atoms with Gasteiger partial charge in [-0.15, -0.1) is 0 Å². The van der Waals surface area contributed by atoms with Crippen LogP contribution in [0.4, 0.5) is 0 Å². The van der Waals surface area contributed by atoms with Crippen molar-refractivity contribution in [3.63, 3.8) is 0 Å². The molecule has 0 radical (unpaired) electrons. The average molecular weight is 207 g/mol. The second kappa shape index (κ2) is 4.47. The van der Waals surface area contributed by atoms with E-state index in [1.165, 1.54) is 19.3 Å². The summed E-state index contributed by atoms with van der Waals surface area (Å²) in [6, 6.07) is 0. The third kappa shape index (κ3) is 2.81. The Balaban J connectivity index is 1.86. The van der Waals surface area contributed by atoms with E-state index in [9.17, 15) is 0 Å². The molecule has 0 aliphatic heterocycles. The lowest BCUT2D eigenvalue weighted by Gasteiger charge is -2.30. The van der Waals surface area contributed by atoms with Gasteiger partial charge in [0.15, 0.2) is 0 Å². The number of hydrogen-bond donors (Lipinski definition) is 0. The first-order valence-electron chi connectivity index (χ1n) is 5.48. The van der Waals surface area contributed by atoms with Crippen LogP contribution in [0, 0.1) is 0 Å². The Morgan fingerprint density at radius 3 is 2.87 bits per heavy atom. The highest BCUT2D eigenvalue weighted by Gasteiger charge is 2.28. The van der Waals surface area contributed by atoms with E-state index < -0.39 is 0 Å². The van der Waals surface area contributed by atoms with Crippen molar-refractivity contribution in [3.05, 3.63) is 18.7 Å². The molecule has 0 bridgehead atoms. The summed E-state index contributed by atoms with van der Waals surface area (Å²) in [4.78, 5) is 9.49. The highest BCUT2D eigenvalue weighted by Crippen LogP contribution is 2.30. The number of nitrogens with zero attached hydrogens (tertiary/aromatic N) is 3. The molecule has 1 aromatic heterocycles. The molecule has 1 aliphatic rings. The zero-order valence-electron chi connectivity index (χ0n) is 9.09. The van der Waals surface area contributed by atoms with Crippen molar-refractivity contribution in [2.75, 3.05) is 0 Å². The molecule has 0 saturated heterocycles. The van der Waals surface area contributed by atoms with Crippen molar-refractivity contribution in [1.82, 2.24) is 9.55 Å². The molecular formula is C11H17N3O. The maximum atomic E-state index is 5.56. The largest absolute Gasteiger partial charge is 0.388 e. The minimum absolute atomic E-state index is 0.0602. The SMILES string of the molecule is CC1(ON=Cn2ccnc2)CCCCC1. The fraction of sp³-hybridized carbons (Fsp3) is 0.636. The monoisotopic (exact) mass is 207 g/mol. The Hall–Kier alpha value is -1.32. The number of aromatic nitrogens is 2. The first kappa shape index (κ1) is 10.2. The summed E-state index contributed by atoms with van der Waals surface area (Å²) in [6.45, 7) is 2.14. The quantitative estimate of drug-likeness (QED) is 0.434. The maximum Gasteiger partial charge on any atom is 0.140 e. The molecule has 1 heterocycles. The molecule has 1 fully saturated rings. The molecule has 0 spiro atoms. The van der Waals surface area contributed by atoms with Gasteiger partial charge in [0.1, 0.15) is 11.9 Å². The Kier molecular flexibility index (Phi) is 3.04. The van der Waals surface area contributed by atoms with Crippen molar-refractivity contribution in [3.8, 4) is 0 Å². The molecule has 4 heteroatoms. The molecule has 0 unspecified atom stereocenters. The summed E-state index contributed by atoms with van der Waals surface area (Å²) in [5.74, 6) is 0. The molecule has 1 aromatic rings. The summed E-state index contributed by atoms with van der Waals surface area (Å²) >= 11 is 0. The predicted octanol–water partition coefficient (Wildman–Crippen LogP) is 2.41. The van der Waals surface area contributed by atoms with E-state index >= 15 is 0 Å². The van der Waals surface area contributed by atoms with E-state index in [2.05, 4.69) is 17.1 Å². The Morgan fingerprint density at radius 2 is 2.20 bits per heavy atom. The van der Waals surface area contributed by atoms with Gasteiger partial charge >= 0.3 is 0 Å². The fourth-order valence-electron chi connectivity index (χ4n) is 1.93. The smallest absolute Gasteiger partial charge is 0.140 e. The standard InChI is InChI=1S/C11H17N3O/c1-11(5-3-2-4-6-11)15-13-10-14-8-7-12-9-14/h7-10H,2-6H2,1H3. The van der Waals surface area contributed by atoms with Crippen LogP contribution in [-0.4, -0.2) is 21.5 Å². The lowest BCUT2D eigenvalue weighted by molar-refractivity contribution is -0.0537. The average Bonchev–Trinajstić information content (AvgIpc) is 2.71. The summed E-state index contributed by atoms with van der Waals surface area (Å²) in [6.07, 6.45) is 12.9. The minimum Gasteiger partial charge on any atom is -0.388 e. The van der Waals surface area contributed by atoms with Crippen LogP contribution in [0.25, 0.3) is 0 Å². The molecule has 82 valence electrons. The topological polar surface area (TPSA) is 39.4 Å². The molecular weight excluding hydrogens is 190 g/mol. The van der Waals surface area contributed by atoms with Crippen LogP contribution < -0.4 is 0 Å². The minimum atomic E-state index is -0.0602. The number of hydrogen-bond acceptors (Lipinski definition) is 3. The zero-order valence-corrected chi connectivity index (χ0v) is 9.09. The third-order valence-corrected chi connectivity index (χ3v) is 2.89. The Labute approximate surface area is 89.9 Å². The van der Waals surface area contributed by atoms with Crippen LogP contribution in [-0.2, 0) is 4.84 Å². The van der Waals surface area contributed by atoms with Crippen molar-refractivity contribution >= 4 is 6.34 Å². The molecule has 0 atom stereocenters. The van der Waals surface area contributed by atoms with Crippen LogP contribution in [0.5, 0.6) is 0 Å². The van der Waals surface area contributed by atoms with E-state index in [-0.39, 0.29) is 5.60 Å². The second-order valence-electron chi connectivity index (χ2n) is 4.33. The predicted molar refractivity (Wildman–Crippen MR) is 58.7 cm³/mol. The Morgan fingerprint density at radius 1 is 1.40 bits per heavy atom. The van der Waals surface area contributed by atoms with Crippen molar-refractivity contribution in [1.29, 1.82) is 0 Å². The highest BCUT2D eigenvalue weighted by molar-refractivity contribution is 5.56. The molecule has 15 heavy (non-hydrogen) atoms. The fourth-order valence-corrected chi connectivity index (χ4v) is 1.93. The van der Waals surface area contributed by atoms with Gasteiger partial charge in [-0.25, -0.2) is 4.98 Å². The van der Waals surface area contributed by atoms with Gasteiger partial charge in [-0.1, -0.05) is 11.6 Å². The van der Waals surface area contributed by atoms with Gasteiger partial charge in [-0.3, -0.25) is 4.57 Å². The van der Waals surface area contributed by atoms with E-state index in [0.717, 1.165) is 12.8 Å². The number of imidazole rings is 1. The maximum absolute atomic E-state index is 5.56. The van der Waals surface area contributed by atoms with Gasteiger partial charge in [0.2, 0.25) is 0 Å². The third-order valence-electron chi connectivity index (χ3n) is 2.89. The summed E-state index contributed by atoms with van der Waals surface area (Å²) in [5.41, 5.74) is -0.0602. The van der Waals surface area contributed by atoms with Crippen molar-refractivity contribution in [2.45, 2.75) is 44.6 Å². The van der Waals surface area contributed by atoms with Crippen LogP contribution in [0.3, 0.4) is 0 Å². The second-order valence-corrected chi connectivity index (χ2v) is 4.33. The van der Waals surface area contributed by atoms with E-state index in [0.29, 0.717) is 0 Å². The van der Waals surface area contributed by atoms with Crippen LogP contribution in [0.15, 0.2) is 23.9 Å². The molecule has 1 aliphatic carbocycles. The highest BCUT2D eigenvalue weighted by atomic mass is 16.6. The molecule has 0 amide bonds. The molecule has 2 rings (SSSR count). The van der Waals surface area contributed by atoms with Crippen molar-refractivity contribution < 1.29 is 4.84 Å². The van der Waals surface area contributed by atoms with Crippen LogP contribution >= 0.6 is 0 Å².